The normalized spacial score (nSPS) is 15.4. The Balaban J connectivity index is 1.96. The van der Waals surface area contributed by atoms with Gasteiger partial charge < -0.3 is 5.73 Å². The van der Waals surface area contributed by atoms with Gasteiger partial charge in [0.1, 0.15) is 5.82 Å². The zero-order chi connectivity index (χ0) is 25.5. The fraction of sp³-hybridized carbons (Fsp3) is 0.292. The number of hydrogen-bond donors (Lipinski definition) is 2. The molecule has 3 N–H and O–H groups in total. The first-order chi connectivity index (χ1) is 16.4. The lowest BCUT2D eigenvalue weighted by Crippen LogP contribution is -2.57. The van der Waals surface area contributed by atoms with Crippen LogP contribution in [0.5, 0.6) is 0 Å². The molecule has 0 amide bonds. The predicted molar refractivity (Wildman–Crippen MR) is 134 cm³/mol. The number of nitrogens with zero attached hydrogens (tertiary/aromatic N) is 3. The lowest BCUT2D eigenvalue weighted by Gasteiger charge is -2.31. The summed E-state index contributed by atoms with van der Waals surface area (Å²) in [6.07, 6.45) is 0. The monoisotopic (exact) mass is 518 g/mol. The van der Waals surface area contributed by atoms with E-state index in [-0.39, 0.29) is 28.2 Å². The molecule has 0 radical (unpaired) electrons. The minimum atomic E-state index is -4.34. The van der Waals surface area contributed by atoms with Crippen molar-refractivity contribution in [3.8, 4) is 0 Å². The van der Waals surface area contributed by atoms with Gasteiger partial charge in [-0.15, -0.1) is 0 Å². The van der Waals surface area contributed by atoms with Gasteiger partial charge in [0, 0.05) is 10.4 Å². The summed E-state index contributed by atoms with van der Waals surface area (Å²) in [6, 6.07) is 11.1. The molecule has 0 spiro atoms. The first kappa shape index (κ1) is 24.9. The van der Waals surface area contributed by atoms with Crippen molar-refractivity contribution in [3.63, 3.8) is 0 Å². The van der Waals surface area contributed by atoms with E-state index in [4.69, 9.17) is 17.3 Å². The molecule has 11 heteroatoms. The van der Waals surface area contributed by atoms with Gasteiger partial charge in [-0.1, -0.05) is 37.6 Å². The molecule has 0 bridgehead atoms. The van der Waals surface area contributed by atoms with Crippen molar-refractivity contribution in [3.05, 3.63) is 80.9 Å². The SMILES string of the molecule is Cn1c2[n+](c(N)c(C(=NCc3ccc(Cl)cc3)S(=O)(=O)c3ccc(F)cc3)c1=O)CC(C)(C)CN2. The van der Waals surface area contributed by atoms with E-state index in [0.717, 1.165) is 24.3 Å². The molecule has 184 valence electrons. The summed E-state index contributed by atoms with van der Waals surface area (Å²) in [5.74, 6) is -0.118. The number of nitrogens with one attached hydrogen (secondary N) is 1. The zero-order valence-corrected chi connectivity index (χ0v) is 21.1. The topological polar surface area (TPSA) is 110 Å². The molecular weight excluding hydrogens is 493 g/mol. The molecule has 1 aromatic heterocycles. The highest BCUT2D eigenvalue weighted by Crippen LogP contribution is 2.25. The van der Waals surface area contributed by atoms with Gasteiger partial charge in [-0.25, -0.2) is 21.9 Å². The van der Waals surface area contributed by atoms with Crippen LogP contribution in [0, 0.1) is 11.2 Å². The number of aliphatic imine (C=N–C) groups is 1. The van der Waals surface area contributed by atoms with Crippen LogP contribution in [-0.2, 0) is 30.0 Å². The highest BCUT2D eigenvalue weighted by atomic mass is 35.5. The molecule has 0 unspecified atom stereocenters. The molecular formula is C24H26ClFN5O3S+. The molecule has 1 aliphatic rings. The number of fused-ring (bicyclic) bond motifs is 1. The van der Waals surface area contributed by atoms with Crippen LogP contribution in [-0.4, -0.2) is 24.6 Å². The van der Waals surface area contributed by atoms with Gasteiger partial charge in [-0.2, -0.15) is 0 Å². The van der Waals surface area contributed by atoms with Crippen molar-refractivity contribution in [2.45, 2.75) is 31.8 Å². The third-order valence-corrected chi connectivity index (χ3v) is 7.85. The van der Waals surface area contributed by atoms with E-state index in [1.54, 1.807) is 35.9 Å². The van der Waals surface area contributed by atoms with Crippen LogP contribution >= 0.6 is 11.6 Å². The Morgan fingerprint density at radius 1 is 1.20 bits per heavy atom. The summed E-state index contributed by atoms with van der Waals surface area (Å²) in [5.41, 5.74) is 6.12. The average molecular weight is 519 g/mol. The molecule has 2 heterocycles. The number of rotatable bonds is 4. The van der Waals surface area contributed by atoms with Crippen LogP contribution in [0.1, 0.15) is 25.0 Å². The van der Waals surface area contributed by atoms with Crippen LogP contribution in [0.3, 0.4) is 0 Å². The second-order valence-electron chi connectivity index (χ2n) is 9.26. The molecule has 3 aromatic rings. The Kier molecular flexibility index (Phi) is 6.46. The Labute approximate surface area is 207 Å². The molecule has 0 aliphatic carbocycles. The number of hydrogen-bond acceptors (Lipinski definition) is 6. The predicted octanol–water partition coefficient (Wildman–Crippen LogP) is 2.92. The third kappa shape index (κ3) is 4.81. The molecule has 1 aliphatic heterocycles. The Morgan fingerprint density at radius 3 is 2.46 bits per heavy atom. The maximum atomic E-state index is 13.7. The van der Waals surface area contributed by atoms with Gasteiger partial charge in [-0.3, -0.25) is 15.1 Å². The number of halogens is 2. The molecule has 2 aromatic carbocycles. The van der Waals surface area contributed by atoms with Crippen LogP contribution in [0.25, 0.3) is 0 Å². The van der Waals surface area contributed by atoms with E-state index in [2.05, 4.69) is 10.3 Å². The Bertz CT molecular complexity index is 1480. The molecule has 4 rings (SSSR count). The summed E-state index contributed by atoms with van der Waals surface area (Å²) in [7, 11) is -2.79. The zero-order valence-electron chi connectivity index (χ0n) is 19.5. The Morgan fingerprint density at radius 2 is 1.83 bits per heavy atom. The van der Waals surface area contributed by atoms with Crippen molar-refractivity contribution in [1.82, 2.24) is 4.57 Å². The quantitative estimate of drug-likeness (QED) is 0.239. The van der Waals surface area contributed by atoms with Crippen molar-refractivity contribution in [1.29, 1.82) is 0 Å². The van der Waals surface area contributed by atoms with E-state index in [1.165, 1.54) is 4.57 Å². The van der Waals surface area contributed by atoms with Crippen molar-refractivity contribution in [2.75, 3.05) is 17.6 Å². The number of aromatic nitrogens is 2. The van der Waals surface area contributed by atoms with Gasteiger partial charge in [0.05, 0.1) is 31.6 Å². The summed E-state index contributed by atoms with van der Waals surface area (Å²) in [6.45, 7) is 5.10. The molecule has 0 atom stereocenters. The highest BCUT2D eigenvalue weighted by molar-refractivity contribution is 8.07. The van der Waals surface area contributed by atoms with E-state index in [9.17, 15) is 17.6 Å². The van der Waals surface area contributed by atoms with Crippen LogP contribution < -0.4 is 21.2 Å². The van der Waals surface area contributed by atoms with Gasteiger partial charge in [0.2, 0.25) is 15.7 Å². The second kappa shape index (κ2) is 9.09. The van der Waals surface area contributed by atoms with E-state index < -0.39 is 26.3 Å². The summed E-state index contributed by atoms with van der Waals surface area (Å²) < 4.78 is 44.0. The third-order valence-electron chi connectivity index (χ3n) is 5.86. The first-order valence-corrected chi connectivity index (χ1v) is 12.7. The number of nitrogen functional groups attached to an aromatic ring is 1. The van der Waals surface area contributed by atoms with E-state index in [1.807, 2.05) is 13.8 Å². The first-order valence-electron chi connectivity index (χ1n) is 10.9. The Hall–Kier alpha value is -3.24. The minimum absolute atomic E-state index is 0.0103. The lowest BCUT2D eigenvalue weighted by atomic mass is 9.92. The van der Waals surface area contributed by atoms with Gasteiger partial charge in [0.25, 0.3) is 0 Å². The molecule has 0 saturated heterocycles. The summed E-state index contributed by atoms with van der Waals surface area (Å²) in [5, 5.41) is 3.26. The molecule has 0 fully saturated rings. The van der Waals surface area contributed by atoms with E-state index in [0.29, 0.717) is 29.6 Å². The van der Waals surface area contributed by atoms with Crippen molar-refractivity contribution >= 4 is 38.2 Å². The maximum absolute atomic E-state index is 13.7. The fourth-order valence-corrected chi connectivity index (χ4v) is 5.50. The number of nitrogens with two attached hydrogens (primary N) is 1. The standard InChI is InChI=1S/C24H25ClFN5O3S/c1-24(2)13-29-23-30(3)22(32)19(20(27)31(23)14-24)21(28-12-15-4-6-16(25)7-5-15)35(33,34)18-10-8-17(26)9-11-18/h4-11H,12-14H2,1-3H3,(H2,27,28,32)/p+1. The van der Waals surface area contributed by atoms with E-state index >= 15 is 0 Å². The summed E-state index contributed by atoms with van der Waals surface area (Å²) in [4.78, 5) is 17.6. The summed E-state index contributed by atoms with van der Waals surface area (Å²) >= 11 is 5.95. The highest BCUT2D eigenvalue weighted by Gasteiger charge is 2.38. The van der Waals surface area contributed by atoms with Crippen molar-refractivity contribution in [2.24, 2.45) is 17.5 Å². The van der Waals surface area contributed by atoms with Crippen LogP contribution in [0.15, 0.2) is 63.2 Å². The number of sulfone groups is 1. The second-order valence-corrected chi connectivity index (χ2v) is 11.6. The number of benzene rings is 2. The lowest BCUT2D eigenvalue weighted by molar-refractivity contribution is -0.689. The van der Waals surface area contributed by atoms with Crippen molar-refractivity contribution < 1.29 is 17.4 Å². The van der Waals surface area contributed by atoms with Crippen LogP contribution in [0.2, 0.25) is 5.02 Å². The van der Waals surface area contributed by atoms with Gasteiger partial charge in [-0.05, 0) is 42.0 Å². The number of anilines is 2. The fourth-order valence-electron chi connectivity index (χ4n) is 3.96. The van der Waals surface area contributed by atoms with Gasteiger partial charge >= 0.3 is 11.5 Å². The maximum Gasteiger partial charge on any atom is 0.319 e. The largest absolute Gasteiger partial charge is 0.334 e. The molecule has 0 saturated carbocycles. The molecule has 8 nitrogen and oxygen atoms in total. The van der Waals surface area contributed by atoms with Crippen LogP contribution in [0.4, 0.5) is 16.2 Å². The average Bonchev–Trinajstić information content (AvgIpc) is 2.80. The minimum Gasteiger partial charge on any atom is -0.334 e. The van der Waals surface area contributed by atoms with Gasteiger partial charge in [0.15, 0.2) is 10.6 Å². The smallest absolute Gasteiger partial charge is 0.319 e. The molecule has 35 heavy (non-hydrogen) atoms.